The summed E-state index contributed by atoms with van der Waals surface area (Å²) in [6.45, 7) is 0. The summed E-state index contributed by atoms with van der Waals surface area (Å²) in [4.78, 5) is 14.8. The van der Waals surface area contributed by atoms with Gasteiger partial charge in [-0.2, -0.15) is 0 Å². The summed E-state index contributed by atoms with van der Waals surface area (Å²) in [5.74, 6) is -0.165. The molecule has 0 fully saturated rings. The summed E-state index contributed by atoms with van der Waals surface area (Å²) in [5.41, 5.74) is 0.590. The molecule has 1 heterocycles. The number of methoxy groups -OCH3 is 1. The van der Waals surface area contributed by atoms with E-state index in [0.717, 1.165) is 6.42 Å². The number of allylic oxidation sites excluding steroid dienone is 5. The molecule has 0 unspecified atom stereocenters. The topological polar surface area (TPSA) is 58.9 Å². The molecule has 0 aromatic heterocycles. The van der Waals surface area contributed by atoms with Gasteiger partial charge in [0.15, 0.2) is 0 Å². The van der Waals surface area contributed by atoms with Gasteiger partial charge < -0.3 is 9.84 Å². The maximum Gasteiger partial charge on any atom is 0.309 e. The zero-order valence-corrected chi connectivity index (χ0v) is 9.22. The van der Waals surface area contributed by atoms with E-state index >= 15 is 0 Å². The van der Waals surface area contributed by atoms with Gasteiger partial charge in [0.2, 0.25) is 0 Å². The summed E-state index contributed by atoms with van der Waals surface area (Å²) in [7, 11) is 1.57. The Morgan fingerprint density at radius 1 is 1.56 bits per heavy atom. The van der Waals surface area contributed by atoms with E-state index in [2.05, 4.69) is 4.99 Å². The normalized spacial score (nSPS) is 26.8. The van der Waals surface area contributed by atoms with Crippen LogP contribution >= 0.6 is 0 Å². The third-order valence-corrected chi connectivity index (χ3v) is 2.05. The zero-order valence-electron chi connectivity index (χ0n) is 9.22. The Morgan fingerprint density at radius 2 is 2.38 bits per heavy atom. The Bertz CT molecular complexity index is 364. The summed E-state index contributed by atoms with van der Waals surface area (Å²) in [5, 5.41) is 8.73. The second-order valence-electron chi connectivity index (χ2n) is 3.33. The standard InChI is InChI=1S/C12H15NO3/c1-16-11-6-4-2-3-5-7-13-10(8-11)9-12(14)15/h2,4-7H,3,8-9H2,1H3,(H,14,15)/b4-2-,7-5-,11-6+,13-10+. The Hall–Kier alpha value is -1.84. The van der Waals surface area contributed by atoms with Crippen LogP contribution in [0.25, 0.3) is 0 Å². The molecule has 0 aromatic rings. The van der Waals surface area contributed by atoms with Crippen LogP contribution in [0.2, 0.25) is 0 Å². The van der Waals surface area contributed by atoms with Gasteiger partial charge in [0, 0.05) is 18.3 Å². The lowest BCUT2D eigenvalue weighted by Gasteiger charge is -2.07. The molecule has 0 spiro atoms. The number of hydrogen-bond acceptors (Lipinski definition) is 3. The number of nitrogens with zero attached hydrogens (tertiary/aromatic N) is 1. The fraction of sp³-hybridized carbons (Fsp3) is 0.333. The second kappa shape index (κ2) is 6.61. The van der Waals surface area contributed by atoms with Crippen molar-refractivity contribution in [3.8, 4) is 0 Å². The van der Waals surface area contributed by atoms with Crippen LogP contribution in [-0.2, 0) is 9.53 Å². The van der Waals surface area contributed by atoms with Crippen LogP contribution in [0.15, 0.2) is 41.3 Å². The average molecular weight is 221 g/mol. The van der Waals surface area contributed by atoms with Crippen LogP contribution in [0, 0.1) is 0 Å². The number of aliphatic carboxylic acids is 1. The predicted molar refractivity (Wildman–Crippen MR) is 62.3 cm³/mol. The number of aliphatic imine (C=N–C) groups is 1. The second-order valence-corrected chi connectivity index (χ2v) is 3.33. The summed E-state index contributed by atoms with van der Waals surface area (Å²) >= 11 is 0. The zero-order chi connectivity index (χ0) is 11.8. The molecule has 1 aliphatic heterocycles. The summed E-state index contributed by atoms with van der Waals surface area (Å²) in [6, 6.07) is 0. The van der Waals surface area contributed by atoms with Gasteiger partial charge in [-0.05, 0) is 12.5 Å². The van der Waals surface area contributed by atoms with E-state index < -0.39 is 5.97 Å². The molecule has 0 saturated heterocycles. The molecule has 1 rings (SSSR count). The molecule has 4 heteroatoms. The van der Waals surface area contributed by atoms with E-state index in [1.54, 1.807) is 13.3 Å². The highest BCUT2D eigenvalue weighted by Crippen LogP contribution is 2.09. The molecule has 16 heavy (non-hydrogen) atoms. The van der Waals surface area contributed by atoms with Crippen LogP contribution in [0.5, 0.6) is 0 Å². The first kappa shape index (κ1) is 12.2. The van der Waals surface area contributed by atoms with Crippen LogP contribution in [-0.4, -0.2) is 23.9 Å². The molecule has 1 N–H and O–H groups in total. The predicted octanol–water partition coefficient (Wildman–Crippen LogP) is 2.30. The first-order valence-electron chi connectivity index (χ1n) is 5.04. The van der Waals surface area contributed by atoms with E-state index in [9.17, 15) is 4.79 Å². The number of ether oxygens (including phenoxy) is 1. The fourth-order valence-electron chi connectivity index (χ4n) is 1.28. The Kier molecular flexibility index (Phi) is 5.05. The van der Waals surface area contributed by atoms with Crippen molar-refractivity contribution in [1.29, 1.82) is 0 Å². The first-order valence-corrected chi connectivity index (χ1v) is 5.04. The molecule has 0 bridgehead atoms. The number of carboxylic acid groups (broad SMARTS) is 1. The van der Waals surface area contributed by atoms with E-state index in [-0.39, 0.29) is 6.42 Å². The van der Waals surface area contributed by atoms with Crippen LogP contribution in [0.1, 0.15) is 19.3 Å². The minimum absolute atomic E-state index is 0.0608. The number of rotatable bonds is 3. The van der Waals surface area contributed by atoms with Gasteiger partial charge in [-0.15, -0.1) is 0 Å². The van der Waals surface area contributed by atoms with Crippen molar-refractivity contribution in [2.45, 2.75) is 19.3 Å². The van der Waals surface area contributed by atoms with Crippen molar-refractivity contribution in [3.63, 3.8) is 0 Å². The SMILES string of the molecule is CO/C1=C/C=C\C/C=C\N=C(\CC(=O)O)C1. The highest BCUT2D eigenvalue weighted by Gasteiger charge is 2.08. The van der Waals surface area contributed by atoms with Crippen LogP contribution in [0.3, 0.4) is 0 Å². The maximum atomic E-state index is 10.6. The number of carboxylic acids is 1. The van der Waals surface area contributed by atoms with Gasteiger partial charge in [0.05, 0.1) is 13.5 Å². The molecular formula is C12H15NO3. The highest BCUT2D eigenvalue weighted by atomic mass is 16.5. The van der Waals surface area contributed by atoms with E-state index in [4.69, 9.17) is 9.84 Å². The van der Waals surface area contributed by atoms with Crippen LogP contribution in [0.4, 0.5) is 0 Å². The fourth-order valence-corrected chi connectivity index (χ4v) is 1.28. The van der Waals surface area contributed by atoms with E-state index in [1.807, 2.05) is 24.3 Å². The summed E-state index contributed by atoms with van der Waals surface area (Å²) in [6.07, 6.45) is 10.4. The van der Waals surface area contributed by atoms with Crippen molar-refractivity contribution in [3.05, 3.63) is 36.3 Å². The molecule has 0 aliphatic carbocycles. The van der Waals surface area contributed by atoms with Crippen molar-refractivity contribution in [1.82, 2.24) is 0 Å². The maximum absolute atomic E-state index is 10.6. The van der Waals surface area contributed by atoms with Gasteiger partial charge in [-0.1, -0.05) is 18.2 Å². The van der Waals surface area contributed by atoms with Crippen molar-refractivity contribution < 1.29 is 14.6 Å². The molecule has 0 radical (unpaired) electrons. The molecule has 1 aliphatic rings. The Morgan fingerprint density at radius 3 is 3.06 bits per heavy atom. The quantitative estimate of drug-likeness (QED) is 0.795. The minimum atomic E-state index is -0.879. The lowest BCUT2D eigenvalue weighted by molar-refractivity contribution is -0.135. The molecule has 0 saturated carbocycles. The lowest BCUT2D eigenvalue weighted by Crippen LogP contribution is -2.08. The average Bonchev–Trinajstić information content (AvgIpc) is 2.25. The third kappa shape index (κ3) is 4.59. The monoisotopic (exact) mass is 221 g/mol. The van der Waals surface area contributed by atoms with Crippen LogP contribution < -0.4 is 0 Å². The van der Waals surface area contributed by atoms with Gasteiger partial charge in [0.25, 0.3) is 0 Å². The molecule has 0 atom stereocenters. The Labute approximate surface area is 94.6 Å². The highest BCUT2D eigenvalue weighted by molar-refractivity contribution is 5.99. The summed E-state index contributed by atoms with van der Waals surface area (Å²) < 4.78 is 5.15. The van der Waals surface area contributed by atoms with Gasteiger partial charge >= 0.3 is 5.97 Å². The first-order chi connectivity index (χ1) is 7.72. The molecule has 86 valence electrons. The van der Waals surface area contributed by atoms with Gasteiger partial charge in [-0.3, -0.25) is 9.79 Å². The largest absolute Gasteiger partial charge is 0.501 e. The van der Waals surface area contributed by atoms with Crippen molar-refractivity contribution in [2.75, 3.05) is 7.11 Å². The van der Waals surface area contributed by atoms with Crippen molar-refractivity contribution in [2.24, 2.45) is 4.99 Å². The molecule has 4 nitrogen and oxygen atoms in total. The number of hydrogen-bond donors (Lipinski definition) is 1. The molecule has 0 aromatic carbocycles. The Balaban J connectivity index is 2.82. The molecular weight excluding hydrogens is 206 g/mol. The van der Waals surface area contributed by atoms with Gasteiger partial charge in [-0.25, -0.2) is 0 Å². The van der Waals surface area contributed by atoms with E-state index in [0.29, 0.717) is 17.9 Å². The third-order valence-electron chi connectivity index (χ3n) is 2.05. The smallest absolute Gasteiger partial charge is 0.309 e. The number of carbonyl (C=O) groups is 1. The lowest BCUT2D eigenvalue weighted by atomic mass is 10.1. The molecule has 0 amide bonds. The minimum Gasteiger partial charge on any atom is -0.501 e. The van der Waals surface area contributed by atoms with Gasteiger partial charge in [0.1, 0.15) is 5.76 Å². The van der Waals surface area contributed by atoms with E-state index in [1.165, 1.54) is 0 Å². The van der Waals surface area contributed by atoms with Crippen molar-refractivity contribution >= 4 is 11.7 Å².